The number of carbonyl (C=O) groups is 2. The van der Waals surface area contributed by atoms with Gasteiger partial charge in [0.2, 0.25) is 5.91 Å². The number of anilines is 1. The Labute approximate surface area is 130 Å². The van der Waals surface area contributed by atoms with Gasteiger partial charge >= 0.3 is 0 Å². The normalized spacial score (nSPS) is 21.4. The fourth-order valence-corrected chi connectivity index (χ4v) is 3.51. The number of hydrogen-bond acceptors (Lipinski definition) is 3. The van der Waals surface area contributed by atoms with Gasteiger partial charge in [0.05, 0.1) is 0 Å². The number of rotatable bonds is 2. The van der Waals surface area contributed by atoms with E-state index in [4.69, 9.17) is 0 Å². The van der Waals surface area contributed by atoms with E-state index in [1.54, 1.807) is 4.90 Å². The first kappa shape index (κ1) is 13.6. The monoisotopic (exact) mass is 299 g/mol. The van der Waals surface area contributed by atoms with Gasteiger partial charge in [-0.05, 0) is 43.4 Å². The summed E-state index contributed by atoms with van der Waals surface area (Å²) in [6.07, 6.45) is 4.22. The van der Waals surface area contributed by atoms with E-state index in [1.165, 1.54) is 0 Å². The predicted molar refractivity (Wildman–Crippen MR) is 83.9 cm³/mol. The summed E-state index contributed by atoms with van der Waals surface area (Å²) < 4.78 is 0. The Morgan fingerprint density at radius 1 is 1.23 bits per heavy atom. The van der Waals surface area contributed by atoms with Crippen molar-refractivity contribution in [3.8, 4) is 0 Å². The first-order chi connectivity index (χ1) is 10.7. The third-order valence-electron chi connectivity index (χ3n) is 4.86. The lowest BCUT2D eigenvalue weighted by Gasteiger charge is -2.35. The Morgan fingerprint density at radius 3 is 2.86 bits per heavy atom. The fraction of sp³-hybridized carbons (Fsp3) is 0.529. The molecule has 0 spiro atoms. The summed E-state index contributed by atoms with van der Waals surface area (Å²) in [6, 6.07) is 6.29. The molecule has 2 heterocycles. The quantitative estimate of drug-likeness (QED) is 0.900. The number of piperazine rings is 1. The maximum atomic E-state index is 12.8. The maximum Gasteiger partial charge on any atom is 0.254 e. The van der Waals surface area contributed by atoms with Crippen molar-refractivity contribution >= 4 is 17.5 Å². The van der Waals surface area contributed by atoms with Crippen LogP contribution in [0.3, 0.4) is 0 Å². The van der Waals surface area contributed by atoms with E-state index in [-0.39, 0.29) is 18.4 Å². The minimum Gasteiger partial charge on any atom is -0.385 e. The Kier molecular flexibility index (Phi) is 3.28. The number of amides is 2. The van der Waals surface area contributed by atoms with Crippen LogP contribution in [-0.4, -0.2) is 53.8 Å². The van der Waals surface area contributed by atoms with Gasteiger partial charge in [0.15, 0.2) is 0 Å². The van der Waals surface area contributed by atoms with Crippen molar-refractivity contribution in [2.24, 2.45) is 0 Å². The number of nitrogens with one attached hydrogen (secondary N) is 1. The van der Waals surface area contributed by atoms with Crippen molar-refractivity contribution in [3.05, 3.63) is 29.3 Å². The smallest absolute Gasteiger partial charge is 0.254 e. The van der Waals surface area contributed by atoms with Crippen LogP contribution in [0, 0.1) is 0 Å². The molecule has 4 rings (SSSR count). The van der Waals surface area contributed by atoms with Crippen molar-refractivity contribution in [2.45, 2.75) is 31.7 Å². The third kappa shape index (κ3) is 2.34. The Morgan fingerprint density at radius 2 is 2.09 bits per heavy atom. The van der Waals surface area contributed by atoms with Gasteiger partial charge < -0.3 is 15.1 Å². The molecule has 0 radical (unpaired) electrons. The molecule has 1 saturated heterocycles. The summed E-state index contributed by atoms with van der Waals surface area (Å²) in [7, 11) is 0. The fourth-order valence-electron chi connectivity index (χ4n) is 3.51. The molecule has 1 aromatic carbocycles. The molecule has 2 amide bonds. The van der Waals surface area contributed by atoms with Crippen LogP contribution < -0.4 is 5.32 Å². The zero-order chi connectivity index (χ0) is 15.1. The molecule has 0 unspecified atom stereocenters. The van der Waals surface area contributed by atoms with Crippen LogP contribution in [0.4, 0.5) is 5.69 Å². The number of carbonyl (C=O) groups excluding carboxylic acids is 2. The third-order valence-corrected chi connectivity index (χ3v) is 4.86. The van der Waals surface area contributed by atoms with Crippen LogP contribution in [0.1, 0.15) is 35.2 Å². The predicted octanol–water partition coefficient (Wildman–Crippen LogP) is 1.49. The number of fused-ring (bicyclic) bond motifs is 1. The number of hydrogen-bond donors (Lipinski definition) is 1. The molecule has 0 bridgehead atoms. The van der Waals surface area contributed by atoms with Crippen LogP contribution in [0.2, 0.25) is 0 Å². The SMILES string of the molecule is O=C(c1cccc2c1CCCN2)N1CCN(C2CC2)C(=O)C1. The second-order valence-corrected chi connectivity index (χ2v) is 6.41. The van der Waals surface area contributed by atoms with E-state index in [1.807, 2.05) is 23.1 Å². The van der Waals surface area contributed by atoms with E-state index in [0.29, 0.717) is 19.1 Å². The molecule has 3 aliphatic rings. The molecule has 22 heavy (non-hydrogen) atoms. The molecule has 5 nitrogen and oxygen atoms in total. The highest BCUT2D eigenvalue weighted by atomic mass is 16.2. The molecule has 2 fully saturated rings. The second-order valence-electron chi connectivity index (χ2n) is 6.41. The highest BCUT2D eigenvalue weighted by molar-refractivity contribution is 5.99. The first-order valence-electron chi connectivity index (χ1n) is 8.18. The standard InChI is InChI=1S/C17H21N3O2/c21-16-11-19(9-10-20(16)12-6-7-12)17(22)14-3-1-5-15-13(14)4-2-8-18-15/h1,3,5,12,18H,2,4,6-11H2. The summed E-state index contributed by atoms with van der Waals surface area (Å²) in [6.45, 7) is 2.52. The molecule has 2 aliphatic heterocycles. The van der Waals surface area contributed by atoms with Gasteiger partial charge in [-0.1, -0.05) is 6.07 Å². The van der Waals surface area contributed by atoms with Gasteiger partial charge in [-0.3, -0.25) is 9.59 Å². The molecular weight excluding hydrogens is 278 g/mol. The van der Waals surface area contributed by atoms with Crippen LogP contribution in [-0.2, 0) is 11.2 Å². The molecule has 0 aromatic heterocycles. The average molecular weight is 299 g/mol. The van der Waals surface area contributed by atoms with Crippen LogP contribution in [0.25, 0.3) is 0 Å². The zero-order valence-electron chi connectivity index (χ0n) is 12.7. The van der Waals surface area contributed by atoms with Gasteiger partial charge in [-0.15, -0.1) is 0 Å². The summed E-state index contributed by atoms with van der Waals surface area (Å²) >= 11 is 0. The summed E-state index contributed by atoms with van der Waals surface area (Å²) in [5.41, 5.74) is 2.94. The largest absolute Gasteiger partial charge is 0.385 e. The van der Waals surface area contributed by atoms with Crippen LogP contribution >= 0.6 is 0 Å². The summed E-state index contributed by atoms with van der Waals surface area (Å²) in [5.74, 6) is 0.106. The molecule has 0 atom stereocenters. The van der Waals surface area contributed by atoms with Crippen LogP contribution in [0.5, 0.6) is 0 Å². The highest BCUT2D eigenvalue weighted by Crippen LogP contribution is 2.29. The van der Waals surface area contributed by atoms with Crippen molar-refractivity contribution in [1.29, 1.82) is 0 Å². The lowest BCUT2D eigenvalue weighted by atomic mass is 9.96. The van der Waals surface area contributed by atoms with Gasteiger partial charge in [0.25, 0.3) is 5.91 Å². The van der Waals surface area contributed by atoms with Gasteiger partial charge in [-0.25, -0.2) is 0 Å². The van der Waals surface area contributed by atoms with E-state index in [2.05, 4.69) is 5.32 Å². The molecule has 5 heteroatoms. The minimum atomic E-state index is 0.00402. The van der Waals surface area contributed by atoms with Crippen molar-refractivity contribution in [1.82, 2.24) is 9.80 Å². The highest BCUT2D eigenvalue weighted by Gasteiger charge is 2.37. The first-order valence-corrected chi connectivity index (χ1v) is 8.18. The van der Waals surface area contributed by atoms with Gasteiger partial charge in [0.1, 0.15) is 6.54 Å². The van der Waals surface area contributed by atoms with E-state index in [0.717, 1.165) is 49.0 Å². The average Bonchev–Trinajstić information content (AvgIpc) is 3.38. The maximum absolute atomic E-state index is 12.8. The lowest BCUT2D eigenvalue weighted by molar-refractivity contribution is -0.135. The van der Waals surface area contributed by atoms with E-state index < -0.39 is 0 Å². The second kappa shape index (κ2) is 5.30. The molecule has 1 saturated carbocycles. The topological polar surface area (TPSA) is 52.7 Å². The molecule has 1 N–H and O–H groups in total. The molecular formula is C17H21N3O2. The summed E-state index contributed by atoms with van der Waals surface area (Å²) in [4.78, 5) is 28.7. The van der Waals surface area contributed by atoms with E-state index >= 15 is 0 Å². The number of nitrogens with zero attached hydrogens (tertiary/aromatic N) is 2. The Bertz CT molecular complexity index is 624. The van der Waals surface area contributed by atoms with E-state index in [9.17, 15) is 9.59 Å². The van der Waals surface area contributed by atoms with Crippen LogP contribution in [0.15, 0.2) is 18.2 Å². The van der Waals surface area contributed by atoms with Crippen molar-refractivity contribution in [3.63, 3.8) is 0 Å². The molecule has 1 aromatic rings. The zero-order valence-corrected chi connectivity index (χ0v) is 12.7. The Balaban J connectivity index is 1.54. The van der Waals surface area contributed by atoms with Gasteiger partial charge in [-0.2, -0.15) is 0 Å². The van der Waals surface area contributed by atoms with Crippen molar-refractivity contribution < 1.29 is 9.59 Å². The lowest BCUT2D eigenvalue weighted by Crippen LogP contribution is -2.53. The molecule has 116 valence electrons. The van der Waals surface area contributed by atoms with Gasteiger partial charge in [0, 0.05) is 36.9 Å². The Hall–Kier alpha value is -2.04. The number of benzene rings is 1. The molecule has 1 aliphatic carbocycles. The van der Waals surface area contributed by atoms with Crippen molar-refractivity contribution in [2.75, 3.05) is 31.5 Å². The minimum absolute atomic E-state index is 0.00402. The summed E-state index contributed by atoms with van der Waals surface area (Å²) in [5, 5.41) is 3.35.